The highest BCUT2D eigenvalue weighted by Gasteiger charge is 2.17. The molecular weight excluding hydrogens is 228 g/mol. The maximum absolute atomic E-state index is 9.22. The summed E-state index contributed by atoms with van der Waals surface area (Å²) < 4.78 is 0. The van der Waals surface area contributed by atoms with Gasteiger partial charge in [-0.05, 0) is 35.4 Å². The van der Waals surface area contributed by atoms with Gasteiger partial charge in [0.05, 0.1) is 0 Å². The van der Waals surface area contributed by atoms with Crippen molar-refractivity contribution in [2.75, 3.05) is 0 Å². The smallest absolute Gasteiger partial charge is 0.115 e. The minimum Gasteiger partial charge on any atom is -0.508 e. The number of hydrogen-bond acceptors (Lipinski definition) is 4. The van der Waals surface area contributed by atoms with Gasteiger partial charge in [-0.1, -0.05) is 24.3 Å². The van der Waals surface area contributed by atoms with E-state index in [9.17, 15) is 10.2 Å². The van der Waals surface area contributed by atoms with Crippen molar-refractivity contribution in [3.63, 3.8) is 0 Å². The van der Waals surface area contributed by atoms with Crippen molar-refractivity contribution in [2.45, 2.75) is 12.1 Å². The average Bonchev–Trinajstić information content (AvgIpc) is 2.39. The van der Waals surface area contributed by atoms with Gasteiger partial charge in [0.15, 0.2) is 0 Å². The van der Waals surface area contributed by atoms with Crippen molar-refractivity contribution in [1.82, 2.24) is 0 Å². The molecule has 2 atom stereocenters. The number of rotatable bonds is 3. The monoisotopic (exact) mass is 244 g/mol. The highest BCUT2D eigenvalue weighted by molar-refractivity contribution is 5.33. The summed E-state index contributed by atoms with van der Waals surface area (Å²) in [6, 6.07) is 12.6. The molecule has 0 aliphatic carbocycles. The number of nitrogens with two attached hydrogens (primary N) is 2. The van der Waals surface area contributed by atoms with Crippen LogP contribution in [0.5, 0.6) is 11.5 Å². The summed E-state index contributed by atoms with van der Waals surface area (Å²) in [7, 11) is 0. The molecule has 2 rings (SSSR count). The molecule has 0 aliphatic heterocycles. The van der Waals surface area contributed by atoms with Crippen LogP contribution in [0.25, 0.3) is 0 Å². The largest absolute Gasteiger partial charge is 0.508 e. The van der Waals surface area contributed by atoms with E-state index in [0.717, 1.165) is 11.1 Å². The van der Waals surface area contributed by atoms with E-state index in [1.807, 2.05) is 0 Å². The molecule has 0 aliphatic rings. The predicted molar refractivity (Wildman–Crippen MR) is 70.1 cm³/mol. The van der Waals surface area contributed by atoms with Gasteiger partial charge in [-0.25, -0.2) is 0 Å². The zero-order chi connectivity index (χ0) is 13.1. The SMILES string of the molecule is N[C@@H](c1ccc(O)cc1)[C@@H](N)c1ccc(O)cc1. The molecule has 6 N–H and O–H groups in total. The topological polar surface area (TPSA) is 92.5 Å². The Morgan fingerprint density at radius 1 is 0.611 bits per heavy atom. The Labute approximate surface area is 105 Å². The Balaban J connectivity index is 2.20. The minimum absolute atomic E-state index is 0.198. The number of aromatic hydroxyl groups is 2. The number of phenols is 2. The summed E-state index contributed by atoms with van der Waals surface area (Å²) in [5.41, 5.74) is 13.9. The van der Waals surface area contributed by atoms with Crippen LogP contribution in [0.1, 0.15) is 23.2 Å². The van der Waals surface area contributed by atoms with Gasteiger partial charge in [-0.3, -0.25) is 0 Å². The van der Waals surface area contributed by atoms with Crippen LogP contribution in [-0.2, 0) is 0 Å². The van der Waals surface area contributed by atoms with Crippen LogP contribution in [0.2, 0.25) is 0 Å². The standard InChI is InChI=1S/C14H16N2O2/c15-13(9-1-5-11(17)6-2-9)14(16)10-3-7-12(18)8-4-10/h1-8,13-14,17-18H,15-16H2/t13-,14-/m0/s1. The first-order chi connectivity index (χ1) is 8.58. The average molecular weight is 244 g/mol. The van der Waals surface area contributed by atoms with Gasteiger partial charge in [0, 0.05) is 12.1 Å². The second-order valence-electron chi connectivity index (χ2n) is 4.23. The van der Waals surface area contributed by atoms with Crippen LogP contribution >= 0.6 is 0 Å². The van der Waals surface area contributed by atoms with Crippen LogP contribution in [0, 0.1) is 0 Å². The maximum Gasteiger partial charge on any atom is 0.115 e. The van der Waals surface area contributed by atoms with Crippen molar-refractivity contribution in [1.29, 1.82) is 0 Å². The van der Waals surface area contributed by atoms with Gasteiger partial charge in [0.25, 0.3) is 0 Å². The van der Waals surface area contributed by atoms with Crippen molar-refractivity contribution < 1.29 is 10.2 Å². The molecule has 0 unspecified atom stereocenters. The molecule has 0 heterocycles. The molecule has 0 radical (unpaired) electrons. The molecule has 0 fully saturated rings. The van der Waals surface area contributed by atoms with Gasteiger partial charge in [-0.2, -0.15) is 0 Å². The van der Waals surface area contributed by atoms with Gasteiger partial charge < -0.3 is 21.7 Å². The Kier molecular flexibility index (Phi) is 3.50. The molecule has 4 heteroatoms. The van der Waals surface area contributed by atoms with Crippen LogP contribution in [0.4, 0.5) is 0 Å². The Morgan fingerprint density at radius 3 is 1.17 bits per heavy atom. The Morgan fingerprint density at radius 2 is 0.889 bits per heavy atom. The Hall–Kier alpha value is -2.04. The summed E-state index contributed by atoms with van der Waals surface area (Å²) in [4.78, 5) is 0. The number of phenolic OH excluding ortho intramolecular Hbond substituents is 2. The molecule has 18 heavy (non-hydrogen) atoms. The van der Waals surface area contributed by atoms with E-state index in [-0.39, 0.29) is 23.6 Å². The zero-order valence-corrected chi connectivity index (χ0v) is 9.82. The third-order valence-electron chi connectivity index (χ3n) is 2.94. The summed E-state index contributed by atoms with van der Waals surface area (Å²) >= 11 is 0. The fourth-order valence-electron chi connectivity index (χ4n) is 1.81. The number of benzene rings is 2. The lowest BCUT2D eigenvalue weighted by atomic mass is 9.95. The lowest BCUT2D eigenvalue weighted by Gasteiger charge is -2.20. The quantitative estimate of drug-likeness (QED) is 0.662. The second-order valence-corrected chi connectivity index (χ2v) is 4.23. The molecule has 0 saturated heterocycles. The van der Waals surface area contributed by atoms with Gasteiger partial charge in [0.1, 0.15) is 11.5 Å². The Bertz CT molecular complexity index is 459. The minimum atomic E-state index is -0.366. The summed E-state index contributed by atoms with van der Waals surface area (Å²) in [5.74, 6) is 0.397. The summed E-state index contributed by atoms with van der Waals surface area (Å²) in [6.45, 7) is 0. The zero-order valence-electron chi connectivity index (χ0n) is 9.82. The van der Waals surface area contributed by atoms with E-state index in [2.05, 4.69) is 0 Å². The second kappa shape index (κ2) is 5.08. The van der Waals surface area contributed by atoms with Gasteiger partial charge >= 0.3 is 0 Å². The molecule has 4 nitrogen and oxygen atoms in total. The third-order valence-corrected chi connectivity index (χ3v) is 2.94. The van der Waals surface area contributed by atoms with E-state index >= 15 is 0 Å². The highest BCUT2D eigenvalue weighted by Crippen LogP contribution is 2.26. The molecule has 94 valence electrons. The van der Waals surface area contributed by atoms with E-state index < -0.39 is 0 Å². The van der Waals surface area contributed by atoms with Crippen molar-refractivity contribution in [2.24, 2.45) is 11.5 Å². The fourth-order valence-corrected chi connectivity index (χ4v) is 1.81. The fraction of sp³-hybridized carbons (Fsp3) is 0.143. The first-order valence-electron chi connectivity index (χ1n) is 5.67. The summed E-state index contributed by atoms with van der Waals surface area (Å²) in [6.07, 6.45) is 0. The van der Waals surface area contributed by atoms with Gasteiger partial charge in [0.2, 0.25) is 0 Å². The molecule has 0 amide bonds. The van der Waals surface area contributed by atoms with Crippen LogP contribution < -0.4 is 11.5 Å². The van der Waals surface area contributed by atoms with E-state index in [1.165, 1.54) is 0 Å². The predicted octanol–water partition coefficient (Wildman–Crippen LogP) is 1.80. The number of hydrogen-bond donors (Lipinski definition) is 4. The third kappa shape index (κ3) is 2.61. The first kappa shape index (κ1) is 12.4. The lowest BCUT2D eigenvalue weighted by Crippen LogP contribution is -2.26. The molecule has 2 aromatic carbocycles. The maximum atomic E-state index is 9.22. The molecule has 0 saturated carbocycles. The van der Waals surface area contributed by atoms with E-state index in [4.69, 9.17) is 11.5 Å². The molecular formula is C14H16N2O2. The first-order valence-corrected chi connectivity index (χ1v) is 5.67. The van der Waals surface area contributed by atoms with E-state index in [1.54, 1.807) is 48.5 Å². The molecule has 2 aromatic rings. The molecule has 0 spiro atoms. The van der Waals surface area contributed by atoms with Crippen LogP contribution in [-0.4, -0.2) is 10.2 Å². The van der Waals surface area contributed by atoms with Crippen LogP contribution in [0.3, 0.4) is 0 Å². The highest BCUT2D eigenvalue weighted by atomic mass is 16.3. The molecule has 0 aromatic heterocycles. The molecule has 0 bridgehead atoms. The summed E-state index contributed by atoms with van der Waals surface area (Å²) in [5, 5.41) is 18.4. The normalized spacial score (nSPS) is 14.1. The van der Waals surface area contributed by atoms with E-state index in [0.29, 0.717) is 0 Å². The van der Waals surface area contributed by atoms with Crippen molar-refractivity contribution in [3.8, 4) is 11.5 Å². The van der Waals surface area contributed by atoms with Crippen molar-refractivity contribution in [3.05, 3.63) is 59.7 Å². The van der Waals surface area contributed by atoms with Crippen LogP contribution in [0.15, 0.2) is 48.5 Å². The van der Waals surface area contributed by atoms with Gasteiger partial charge in [-0.15, -0.1) is 0 Å². The lowest BCUT2D eigenvalue weighted by molar-refractivity contribution is 0.472. The van der Waals surface area contributed by atoms with Crippen molar-refractivity contribution >= 4 is 0 Å².